The summed E-state index contributed by atoms with van der Waals surface area (Å²) in [6, 6.07) is -0.637. The first-order valence-electron chi connectivity index (χ1n) is 3.70. The molecule has 0 aromatic rings. The summed E-state index contributed by atoms with van der Waals surface area (Å²) in [6.45, 7) is 0.323. The quantitative estimate of drug-likeness (QED) is 0.392. The molecular formula is C7H15NO4. The number of likely N-dealkylation sites (N-methyl/N-ethyl adjacent to an activating group) is 1. The molecule has 0 aromatic heterocycles. The van der Waals surface area contributed by atoms with Crippen LogP contribution in [0.4, 0.5) is 0 Å². The number of hydrogen-bond acceptors (Lipinski definition) is 5. The minimum absolute atomic E-state index is 0.216. The highest BCUT2D eigenvalue weighted by atomic mass is 16.6. The van der Waals surface area contributed by atoms with Crippen LogP contribution in [0.5, 0.6) is 0 Å². The fourth-order valence-corrected chi connectivity index (χ4v) is 0.610. The number of carbonyl (C=O) groups is 1. The normalized spacial score (nSPS) is 12.6. The molecule has 0 aliphatic carbocycles. The van der Waals surface area contributed by atoms with Crippen molar-refractivity contribution in [1.29, 1.82) is 0 Å². The molecule has 0 saturated carbocycles. The van der Waals surface area contributed by atoms with Gasteiger partial charge < -0.3 is 19.9 Å². The van der Waals surface area contributed by atoms with Crippen LogP contribution in [0.1, 0.15) is 0 Å². The van der Waals surface area contributed by atoms with Gasteiger partial charge in [-0.3, -0.25) is 4.79 Å². The second-order valence-corrected chi connectivity index (χ2v) is 2.18. The summed E-state index contributed by atoms with van der Waals surface area (Å²) < 4.78 is 9.42. The lowest BCUT2D eigenvalue weighted by atomic mass is 10.3. The molecule has 0 fully saturated rings. The number of nitrogens with one attached hydrogen (secondary N) is 1. The van der Waals surface area contributed by atoms with Gasteiger partial charge in [0.25, 0.3) is 0 Å². The van der Waals surface area contributed by atoms with Crippen LogP contribution in [-0.2, 0) is 14.3 Å². The van der Waals surface area contributed by atoms with Gasteiger partial charge >= 0.3 is 5.97 Å². The van der Waals surface area contributed by atoms with Gasteiger partial charge in [0.1, 0.15) is 12.6 Å². The smallest absolute Gasteiger partial charge is 0.325 e. The van der Waals surface area contributed by atoms with E-state index in [1.54, 1.807) is 7.05 Å². The third-order valence-corrected chi connectivity index (χ3v) is 1.35. The van der Waals surface area contributed by atoms with Crippen LogP contribution in [0.3, 0.4) is 0 Å². The summed E-state index contributed by atoms with van der Waals surface area (Å²) in [7, 11) is 3.11. The predicted molar refractivity (Wildman–Crippen MR) is 42.8 cm³/mol. The van der Waals surface area contributed by atoms with E-state index in [0.29, 0.717) is 6.61 Å². The third-order valence-electron chi connectivity index (χ3n) is 1.35. The van der Waals surface area contributed by atoms with E-state index < -0.39 is 12.0 Å². The molecule has 2 N–H and O–H groups in total. The number of aliphatic hydroxyl groups excluding tert-OH is 1. The SMILES string of the molecule is CNC(CO)C(=O)OCCOC. The van der Waals surface area contributed by atoms with Crippen molar-refractivity contribution in [1.82, 2.24) is 5.32 Å². The molecule has 0 rings (SSSR count). The Morgan fingerprint density at radius 2 is 2.25 bits per heavy atom. The maximum Gasteiger partial charge on any atom is 0.325 e. The zero-order valence-corrected chi connectivity index (χ0v) is 7.37. The molecule has 5 nitrogen and oxygen atoms in total. The molecule has 0 bridgehead atoms. The van der Waals surface area contributed by atoms with E-state index in [1.165, 1.54) is 7.11 Å². The Bertz CT molecular complexity index is 125. The molecule has 72 valence electrons. The fourth-order valence-electron chi connectivity index (χ4n) is 0.610. The van der Waals surface area contributed by atoms with Gasteiger partial charge in [0.05, 0.1) is 13.2 Å². The molecule has 1 unspecified atom stereocenters. The minimum atomic E-state index is -0.637. The van der Waals surface area contributed by atoms with Gasteiger partial charge in [-0.1, -0.05) is 0 Å². The van der Waals surface area contributed by atoms with E-state index in [-0.39, 0.29) is 13.2 Å². The zero-order valence-electron chi connectivity index (χ0n) is 7.37. The van der Waals surface area contributed by atoms with Gasteiger partial charge in [-0.05, 0) is 7.05 Å². The van der Waals surface area contributed by atoms with E-state index in [2.05, 4.69) is 10.1 Å². The lowest BCUT2D eigenvalue weighted by Gasteiger charge is -2.11. The third kappa shape index (κ3) is 4.27. The van der Waals surface area contributed by atoms with Crippen LogP contribution >= 0.6 is 0 Å². The summed E-state index contributed by atoms with van der Waals surface area (Å²) in [5.74, 6) is -0.461. The average molecular weight is 177 g/mol. The Balaban J connectivity index is 3.54. The second kappa shape index (κ2) is 7.02. The molecule has 0 heterocycles. The van der Waals surface area contributed by atoms with Crippen molar-refractivity contribution >= 4 is 5.97 Å². The molecule has 0 aliphatic rings. The predicted octanol–water partition coefficient (Wildman–Crippen LogP) is -1.24. The van der Waals surface area contributed by atoms with Gasteiger partial charge in [0.15, 0.2) is 0 Å². The molecule has 0 radical (unpaired) electrons. The topological polar surface area (TPSA) is 67.8 Å². The lowest BCUT2D eigenvalue weighted by molar-refractivity contribution is -0.148. The van der Waals surface area contributed by atoms with Crippen LogP contribution in [0.2, 0.25) is 0 Å². The number of hydrogen-bond donors (Lipinski definition) is 2. The molecule has 5 heteroatoms. The molecule has 0 saturated heterocycles. The maximum atomic E-state index is 11.0. The van der Waals surface area contributed by atoms with Crippen molar-refractivity contribution in [3.05, 3.63) is 0 Å². The minimum Gasteiger partial charge on any atom is -0.462 e. The number of aliphatic hydroxyl groups is 1. The molecular weight excluding hydrogens is 162 g/mol. The van der Waals surface area contributed by atoms with Crippen molar-refractivity contribution in [2.24, 2.45) is 0 Å². The summed E-state index contributed by atoms with van der Waals surface area (Å²) >= 11 is 0. The van der Waals surface area contributed by atoms with E-state index in [9.17, 15) is 4.79 Å². The standard InChI is InChI=1S/C7H15NO4/c1-8-6(5-9)7(10)12-4-3-11-2/h6,8-9H,3-5H2,1-2H3. The Labute approximate surface area is 71.7 Å². The second-order valence-electron chi connectivity index (χ2n) is 2.18. The van der Waals surface area contributed by atoms with Gasteiger partial charge in [-0.2, -0.15) is 0 Å². The lowest BCUT2D eigenvalue weighted by Crippen LogP contribution is -2.39. The molecule has 0 spiro atoms. The summed E-state index contributed by atoms with van der Waals surface area (Å²) in [5, 5.41) is 11.3. The highest BCUT2D eigenvalue weighted by molar-refractivity contribution is 5.75. The Morgan fingerprint density at radius 1 is 1.58 bits per heavy atom. The van der Waals surface area contributed by atoms with Gasteiger partial charge in [0.2, 0.25) is 0 Å². The first kappa shape index (κ1) is 11.4. The maximum absolute atomic E-state index is 11.0. The molecule has 0 aliphatic heterocycles. The summed E-state index contributed by atoms with van der Waals surface area (Å²) in [6.07, 6.45) is 0. The summed E-state index contributed by atoms with van der Waals surface area (Å²) in [4.78, 5) is 11.0. The van der Waals surface area contributed by atoms with Crippen molar-refractivity contribution in [2.75, 3.05) is 34.0 Å². The molecule has 12 heavy (non-hydrogen) atoms. The van der Waals surface area contributed by atoms with Crippen LogP contribution in [0, 0.1) is 0 Å². The number of rotatable bonds is 6. The van der Waals surface area contributed by atoms with Crippen LogP contribution in [-0.4, -0.2) is 51.1 Å². The van der Waals surface area contributed by atoms with Crippen LogP contribution in [0.15, 0.2) is 0 Å². The molecule has 0 amide bonds. The monoisotopic (exact) mass is 177 g/mol. The van der Waals surface area contributed by atoms with Gasteiger partial charge in [0, 0.05) is 7.11 Å². The first-order valence-corrected chi connectivity index (χ1v) is 3.70. The molecule has 1 atom stereocenters. The highest BCUT2D eigenvalue weighted by Crippen LogP contribution is 1.87. The number of carbonyl (C=O) groups excluding carboxylic acids is 1. The number of ether oxygens (including phenoxy) is 2. The highest BCUT2D eigenvalue weighted by Gasteiger charge is 2.15. The Hall–Kier alpha value is -0.650. The van der Waals surface area contributed by atoms with Crippen molar-refractivity contribution in [3.8, 4) is 0 Å². The summed E-state index contributed by atoms with van der Waals surface area (Å²) in [5.41, 5.74) is 0. The van der Waals surface area contributed by atoms with E-state index >= 15 is 0 Å². The van der Waals surface area contributed by atoms with Crippen LogP contribution in [0.25, 0.3) is 0 Å². The number of methoxy groups -OCH3 is 1. The van der Waals surface area contributed by atoms with Crippen molar-refractivity contribution in [3.63, 3.8) is 0 Å². The van der Waals surface area contributed by atoms with Crippen molar-refractivity contribution in [2.45, 2.75) is 6.04 Å². The van der Waals surface area contributed by atoms with Gasteiger partial charge in [-0.25, -0.2) is 0 Å². The van der Waals surface area contributed by atoms with E-state index in [1.807, 2.05) is 0 Å². The van der Waals surface area contributed by atoms with E-state index in [4.69, 9.17) is 9.84 Å². The van der Waals surface area contributed by atoms with Gasteiger partial charge in [-0.15, -0.1) is 0 Å². The number of esters is 1. The van der Waals surface area contributed by atoms with Crippen molar-refractivity contribution < 1.29 is 19.4 Å². The Morgan fingerprint density at radius 3 is 2.67 bits per heavy atom. The van der Waals surface area contributed by atoms with E-state index in [0.717, 1.165) is 0 Å². The average Bonchev–Trinajstić information content (AvgIpc) is 2.07. The fraction of sp³-hybridized carbons (Fsp3) is 0.857. The largest absolute Gasteiger partial charge is 0.462 e. The van der Waals surface area contributed by atoms with Crippen LogP contribution < -0.4 is 5.32 Å². The Kier molecular flexibility index (Phi) is 6.64. The zero-order chi connectivity index (χ0) is 9.40. The molecule has 0 aromatic carbocycles. The first-order chi connectivity index (χ1) is 5.76.